The lowest BCUT2D eigenvalue weighted by Gasteiger charge is -2.09. The van der Waals surface area contributed by atoms with E-state index in [0.717, 1.165) is 11.3 Å². The summed E-state index contributed by atoms with van der Waals surface area (Å²) in [5, 5.41) is 5.34. The van der Waals surface area contributed by atoms with Gasteiger partial charge in [-0.2, -0.15) is 8.78 Å². The molecule has 0 heterocycles. The molecule has 0 bridgehead atoms. The monoisotopic (exact) mass is 336 g/mol. The Kier molecular flexibility index (Phi) is 6.36. The average molecular weight is 336 g/mol. The van der Waals surface area contributed by atoms with Crippen LogP contribution in [0.2, 0.25) is 0 Å². The van der Waals surface area contributed by atoms with Gasteiger partial charge in [-0.05, 0) is 48.4 Å². The predicted molar refractivity (Wildman–Crippen MR) is 86.8 cm³/mol. The Hall–Kier alpha value is -2.83. The first kappa shape index (κ1) is 17.5. The Labute approximate surface area is 138 Å². The lowest BCUT2D eigenvalue weighted by atomic mass is 10.1. The summed E-state index contributed by atoms with van der Waals surface area (Å²) in [6, 6.07) is 12.9. The summed E-state index contributed by atoms with van der Waals surface area (Å²) in [6.45, 7) is -2.42. The Morgan fingerprint density at radius 3 is 2.54 bits per heavy atom. The standard InChI is InChI=1S/C17H18F2N2O3/c1-23-15-4-2-3-12(11-15)9-10-20-17(22)21-13-5-7-14(8-6-13)24-16(18)19/h2-8,11,16H,9-10H2,1H3,(H2,20,21,22). The lowest BCUT2D eigenvalue weighted by molar-refractivity contribution is -0.0498. The fraction of sp³-hybridized carbons (Fsp3) is 0.235. The van der Waals surface area contributed by atoms with Crippen LogP contribution in [0.4, 0.5) is 19.3 Å². The number of hydrogen-bond acceptors (Lipinski definition) is 3. The van der Waals surface area contributed by atoms with Crippen molar-refractivity contribution in [2.45, 2.75) is 13.0 Å². The van der Waals surface area contributed by atoms with E-state index in [1.165, 1.54) is 24.3 Å². The van der Waals surface area contributed by atoms with E-state index in [1.54, 1.807) is 7.11 Å². The molecule has 7 heteroatoms. The summed E-state index contributed by atoms with van der Waals surface area (Å²) in [7, 11) is 1.60. The van der Waals surface area contributed by atoms with Crippen LogP contribution in [0, 0.1) is 0 Å². The summed E-state index contributed by atoms with van der Waals surface area (Å²) < 4.78 is 33.5. The summed E-state index contributed by atoms with van der Waals surface area (Å²) in [5.74, 6) is 0.803. The number of benzene rings is 2. The molecule has 0 fully saturated rings. The van der Waals surface area contributed by atoms with Gasteiger partial charge in [0.2, 0.25) is 0 Å². The van der Waals surface area contributed by atoms with Crippen LogP contribution in [0.25, 0.3) is 0 Å². The number of alkyl halides is 2. The number of rotatable bonds is 7. The van der Waals surface area contributed by atoms with Gasteiger partial charge in [0.05, 0.1) is 7.11 Å². The zero-order valence-electron chi connectivity index (χ0n) is 13.1. The van der Waals surface area contributed by atoms with Crippen LogP contribution in [0.1, 0.15) is 5.56 Å². The van der Waals surface area contributed by atoms with Gasteiger partial charge >= 0.3 is 12.6 Å². The van der Waals surface area contributed by atoms with Crippen molar-refractivity contribution in [1.82, 2.24) is 5.32 Å². The number of hydrogen-bond donors (Lipinski definition) is 2. The number of ether oxygens (including phenoxy) is 2. The third-order valence-electron chi connectivity index (χ3n) is 3.17. The first-order valence-electron chi connectivity index (χ1n) is 7.29. The Morgan fingerprint density at radius 2 is 1.88 bits per heavy atom. The van der Waals surface area contributed by atoms with E-state index in [-0.39, 0.29) is 11.8 Å². The Balaban J connectivity index is 1.76. The van der Waals surface area contributed by atoms with Crippen molar-refractivity contribution < 1.29 is 23.0 Å². The summed E-state index contributed by atoms with van der Waals surface area (Å²) in [5.41, 5.74) is 1.53. The van der Waals surface area contributed by atoms with Gasteiger partial charge in [0.25, 0.3) is 0 Å². The highest BCUT2D eigenvalue weighted by Gasteiger charge is 2.05. The van der Waals surface area contributed by atoms with Gasteiger partial charge in [-0.3, -0.25) is 0 Å². The van der Waals surface area contributed by atoms with Crippen LogP contribution in [0.5, 0.6) is 11.5 Å². The number of nitrogens with one attached hydrogen (secondary N) is 2. The van der Waals surface area contributed by atoms with Gasteiger partial charge in [0.1, 0.15) is 11.5 Å². The zero-order chi connectivity index (χ0) is 17.4. The number of urea groups is 1. The molecule has 0 saturated carbocycles. The molecule has 0 spiro atoms. The third-order valence-corrected chi connectivity index (χ3v) is 3.17. The SMILES string of the molecule is COc1cccc(CCNC(=O)Nc2ccc(OC(F)F)cc2)c1. The summed E-state index contributed by atoms with van der Waals surface area (Å²) in [6.07, 6.45) is 0.659. The zero-order valence-corrected chi connectivity index (χ0v) is 13.1. The summed E-state index contributed by atoms with van der Waals surface area (Å²) in [4.78, 5) is 11.8. The maximum Gasteiger partial charge on any atom is 0.387 e. The molecule has 0 aromatic heterocycles. The van der Waals surface area contributed by atoms with Crippen LogP contribution in [0.3, 0.4) is 0 Å². The molecule has 0 saturated heterocycles. The van der Waals surface area contributed by atoms with Crippen molar-refractivity contribution in [3.63, 3.8) is 0 Å². The molecule has 2 N–H and O–H groups in total. The van der Waals surface area contributed by atoms with Gasteiger partial charge in [0.15, 0.2) is 0 Å². The number of methoxy groups -OCH3 is 1. The molecule has 0 radical (unpaired) electrons. The molecule has 128 valence electrons. The normalized spacial score (nSPS) is 10.3. The van der Waals surface area contributed by atoms with Crippen LogP contribution in [0.15, 0.2) is 48.5 Å². The Bertz CT molecular complexity index is 663. The molecule has 2 rings (SSSR count). The molecule has 0 aliphatic carbocycles. The summed E-state index contributed by atoms with van der Waals surface area (Å²) >= 11 is 0. The molecule has 24 heavy (non-hydrogen) atoms. The molecule has 2 aromatic carbocycles. The fourth-order valence-electron chi connectivity index (χ4n) is 2.04. The van der Waals surface area contributed by atoms with Crippen LogP contribution < -0.4 is 20.1 Å². The molecule has 0 aliphatic rings. The molecule has 0 aliphatic heterocycles. The minimum absolute atomic E-state index is 0.0361. The van der Waals surface area contributed by atoms with E-state index < -0.39 is 6.61 Å². The maximum atomic E-state index is 12.0. The second-order valence-corrected chi connectivity index (χ2v) is 4.89. The molecule has 0 atom stereocenters. The topological polar surface area (TPSA) is 59.6 Å². The Morgan fingerprint density at radius 1 is 1.12 bits per heavy atom. The highest BCUT2D eigenvalue weighted by atomic mass is 19.3. The molecular weight excluding hydrogens is 318 g/mol. The minimum atomic E-state index is -2.87. The number of anilines is 1. The van der Waals surface area contributed by atoms with Crippen molar-refractivity contribution >= 4 is 11.7 Å². The van der Waals surface area contributed by atoms with Crippen LogP contribution in [-0.2, 0) is 6.42 Å². The van der Waals surface area contributed by atoms with E-state index >= 15 is 0 Å². The third kappa shape index (κ3) is 5.75. The van der Waals surface area contributed by atoms with Gasteiger partial charge in [0, 0.05) is 12.2 Å². The van der Waals surface area contributed by atoms with Crippen molar-refractivity contribution in [3.05, 3.63) is 54.1 Å². The second kappa shape index (κ2) is 8.71. The smallest absolute Gasteiger partial charge is 0.387 e. The first-order valence-corrected chi connectivity index (χ1v) is 7.29. The van der Waals surface area contributed by atoms with Crippen molar-refractivity contribution in [3.8, 4) is 11.5 Å². The minimum Gasteiger partial charge on any atom is -0.497 e. The molecule has 2 amide bonds. The number of carbonyl (C=O) groups is 1. The van der Waals surface area contributed by atoms with Crippen LogP contribution >= 0.6 is 0 Å². The average Bonchev–Trinajstić information content (AvgIpc) is 2.56. The number of carbonyl (C=O) groups excluding carboxylic acids is 1. The van der Waals surface area contributed by atoms with Gasteiger partial charge < -0.3 is 20.1 Å². The number of halogens is 2. The fourth-order valence-corrected chi connectivity index (χ4v) is 2.04. The van der Waals surface area contributed by atoms with Gasteiger partial charge in [-0.1, -0.05) is 12.1 Å². The molecule has 2 aromatic rings. The van der Waals surface area contributed by atoms with Gasteiger partial charge in [-0.25, -0.2) is 4.79 Å². The first-order chi connectivity index (χ1) is 11.6. The second-order valence-electron chi connectivity index (χ2n) is 4.89. The van der Waals surface area contributed by atoms with Gasteiger partial charge in [-0.15, -0.1) is 0 Å². The maximum absolute atomic E-state index is 12.0. The van der Waals surface area contributed by atoms with Crippen molar-refractivity contribution in [1.29, 1.82) is 0 Å². The number of amides is 2. The largest absolute Gasteiger partial charge is 0.497 e. The van der Waals surface area contributed by atoms with E-state index in [2.05, 4.69) is 15.4 Å². The molecular formula is C17H18F2N2O3. The quantitative estimate of drug-likeness (QED) is 0.811. The molecule has 5 nitrogen and oxygen atoms in total. The molecule has 0 unspecified atom stereocenters. The van der Waals surface area contributed by atoms with Crippen molar-refractivity contribution in [2.24, 2.45) is 0 Å². The van der Waals surface area contributed by atoms with Crippen LogP contribution in [-0.4, -0.2) is 26.3 Å². The van der Waals surface area contributed by atoms with Crippen molar-refractivity contribution in [2.75, 3.05) is 19.0 Å². The van der Waals surface area contributed by atoms with E-state index in [1.807, 2.05) is 24.3 Å². The van der Waals surface area contributed by atoms with E-state index in [0.29, 0.717) is 18.7 Å². The van der Waals surface area contributed by atoms with E-state index in [4.69, 9.17) is 4.74 Å². The predicted octanol–water partition coefficient (Wildman–Crippen LogP) is 3.66. The highest BCUT2D eigenvalue weighted by Crippen LogP contribution is 2.17. The lowest BCUT2D eigenvalue weighted by Crippen LogP contribution is -2.30. The van der Waals surface area contributed by atoms with E-state index in [9.17, 15) is 13.6 Å². The highest BCUT2D eigenvalue weighted by molar-refractivity contribution is 5.89.